The van der Waals surface area contributed by atoms with E-state index in [0.29, 0.717) is 11.4 Å². The zero-order valence-corrected chi connectivity index (χ0v) is 11.6. The van der Waals surface area contributed by atoms with E-state index in [1.54, 1.807) is 6.07 Å². The van der Waals surface area contributed by atoms with Crippen LogP contribution in [0.25, 0.3) is 11.1 Å². The monoisotopic (exact) mass is 275 g/mol. The van der Waals surface area contributed by atoms with Crippen LogP contribution in [0.2, 0.25) is 0 Å². The Labute approximate surface area is 124 Å². The fourth-order valence-corrected chi connectivity index (χ4v) is 2.23. The van der Waals surface area contributed by atoms with Crippen LogP contribution in [0.15, 0.2) is 72.8 Å². The largest absolute Gasteiger partial charge is 0.399 e. The molecule has 0 saturated carbocycles. The highest BCUT2D eigenvalue weighted by atomic mass is 14.9. The van der Waals surface area contributed by atoms with Crippen molar-refractivity contribution in [3.63, 3.8) is 0 Å². The lowest BCUT2D eigenvalue weighted by molar-refractivity contribution is 1.54. The van der Waals surface area contributed by atoms with Gasteiger partial charge in [0.1, 0.15) is 0 Å². The number of rotatable bonds is 3. The first kappa shape index (κ1) is 13.1. The summed E-state index contributed by atoms with van der Waals surface area (Å²) in [7, 11) is 0. The van der Waals surface area contributed by atoms with Crippen LogP contribution in [0, 0.1) is 0 Å². The molecule has 5 N–H and O–H groups in total. The van der Waals surface area contributed by atoms with Gasteiger partial charge in [0, 0.05) is 11.4 Å². The third-order valence-electron chi connectivity index (χ3n) is 3.35. The number of nitrogen functional groups attached to an aromatic ring is 2. The third kappa shape index (κ3) is 2.98. The van der Waals surface area contributed by atoms with E-state index in [9.17, 15) is 0 Å². The molecule has 3 aromatic carbocycles. The van der Waals surface area contributed by atoms with E-state index in [-0.39, 0.29) is 0 Å². The minimum absolute atomic E-state index is 0.641. The van der Waals surface area contributed by atoms with Crippen LogP contribution in [0.5, 0.6) is 0 Å². The first-order chi connectivity index (χ1) is 10.2. The van der Waals surface area contributed by atoms with E-state index in [0.717, 1.165) is 11.4 Å². The quantitative estimate of drug-likeness (QED) is 0.626. The van der Waals surface area contributed by atoms with Crippen LogP contribution in [-0.2, 0) is 0 Å². The molecule has 0 heterocycles. The van der Waals surface area contributed by atoms with Crippen molar-refractivity contribution in [3.8, 4) is 11.1 Å². The zero-order chi connectivity index (χ0) is 14.7. The average molecular weight is 275 g/mol. The van der Waals surface area contributed by atoms with E-state index in [4.69, 9.17) is 11.5 Å². The average Bonchev–Trinajstić information content (AvgIpc) is 2.52. The fraction of sp³-hybridized carbons (Fsp3) is 0. The molecule has 0 unspecified atom stereocenters. The predicted molar refractivity (Wildman–Crippen MR) is 90.4 cm³/mol. The van der Waals surface area contributed by atoms with Crippen molar-refractivity contribution < 1.29 is 0 Å². The van der Waals surface area contributed by atoms with Crippen LogP contribution in [0.4, 0.5) is 22.7 Å². The molecular weight excluding hydrogens is 258 g/mol. The molecule has 0 aliphatic rings. The number of anilines is 4. The van der Waals surface area contributed by atoms with Gasteiger partial charge < -0.3 is 16.8 Å². The molecule has 3 aromatic rings. The van der Waals surface area contributed by atoms with Crippen LogP contribution < -0.4 is 16.8 Å². The molecule has 3 nitrogen and oxygen atoms in total. The molecule has 0 radical (unpaired) electrons. The number of nitrogens with two attached hydrogens (primary N) is 2. The number of nitrogens with one attached hydrogen (secondary N) is 1. The highest BCUT2D eigenvalue weighted by Crippen LogP contribution is 2.27. The molecule has 0 aromatic heterocycles. The minimum Gasteiger partial charge on any atom is -0.399 e. The summed E-state index contributed by atoms with van der Waals surface area (Å²) in [4.78, 5) is 0. The summed E-state index contributed by atoms with van der Waals surface area (Å²) >= 11 is 0. The smallest absolute Gasteiger partial charge is 0.0619 e. The molecule has 0 saturated heterocycles. The maximum absolute atomic E-state index is 5.95. The lowest BCUT2D eigenvalue weighted by Crippen LogP contribution is -1.97. The molecule has 104 valence electrons. The second-order valence-electron chi connectivity index (χ2n) is 4.92. The Hall–Kier alpha value is -2.94. The van der Waals surface area contributed by atoms with Crippen molar-refractivity contribution >= 4 is 22.7 Å². The number of benzene rings is 3. The summed E-state index contributed by atoms with van der Waals surface area (Å²) in [6.07, 6.45) is 0. The molecule has 0 fully saturated rings. The molecular formula is C18H17N3. The van der Waals surface area contributed by atoms with Gasteiger partial charge in [0.2, 0.25) is 0 Å². The Balaban J connectivity index is 1.81. The van der Waals surface area contributed by atoms with Gasteiger partial charge in [-0.3, -0.25) is 0 Å². The second-order valence-corrected chi connectivity index (χ2v) is 4.92. The molecule has 0 atom stereocenters. The van der Waals surface area contributed by atoms with Crippen LogP contribution in [-0.4, -0.2) is 0 Å². The van der Waals surface area contributed by atoms with E-state index >= 15 is 0 Å². The van der Waals surface area contributed by atoms with Crippen molar-refractivity contribution in [2.24, 2.45) is 0 Å². The maximum Gasteiger partial charge on any atom is 0.0619 e. The van der Waals surface area contributed by atoms with E-state index in [1.807, 2.05) is 42.5 Å². The first-order valence-corrected chi connectivity index (χ1v) is 6.80. The van der Waals surface area contributed by atoms with Crippen molar-refractivity contribution in [2.75, 3.05) is 16.8 Å². The van der Waals surface area contributed by atoms with Gasteiger partial charge in [-0.2, -0.15) is 0 Å². The van der Waals surface area contributed by atoms with E-state index in [2.05, 4.69) is 29.6 Å². The van der Waals surface area contributed by atoms with E-state index < -0.39 is 0 Å². The highest BCUT2D eigenvalue weighted by Gasteiger charge is 2.01. The second kappa shape index (κ2) is 5.59. The minimum atomic E-state index is 0.641. The van der Waals surface area contributed by atoms with Gasteiger partial charge in [-0.25, -0.2) is 0 Å². The normalized spacial score (nSPS) is 10.3. The van der Waals surface area contributed by atoms with Gasteiger partial charge in [-0.15, -0.1) is 0 Å². The van der Waals surface area contributed by atoms with Crippen molar-refractivity contribution in [3.05, 3.63) is 72.8 Å². The van der Waals surface area contributed by atoms with Gasteiger partial charge in [0.25, 0.3) is 0 Å². The topological polar surface area (TPSA) is 64.1 Å². The summed E-state index contributed by atoms with van der Waals surface area (Å²) in [5.74, 6) is 0. The van der Waals surface area contributed by atoms with Gasteiger partial charge in [-0.05, 0) is 41.5 Å². The summed E-state index contributed by atoms with van der Waals surface area (Å²) in [5, 5.41) is 3.30. The molecule has 0 aliphatic carbocycles. The summed E-state index contributed by atoms with van der Waals surface area (Å²) in [6, 6.07) is 24.0. The zero-order valence-electron chi connectivity index (χ0n) is 11.6. The molecule has 0 spiro atoms. The molecule has 0 bridgehead atoms. The van der Waals surface area contributed by atoms with Gasteiger partial charge in [0.15, 0.2) is 0 Å². The number of hydrogen-bond donors (Lipinski definition) is 3. The lowest BCUT2D eigenvalue weighted by Gasteiger charge is -2.10. The highest BCUT2D eigenvalue weighted by molar-refractivity contribution is 5.76. The van der Waals surface area contributed by atoms with Gasteiger partial charge in [0.05, 0.1) is 11.4 Å². The van der Waals surface area contributed by atoms with Gasteiger partial charge >= 0.3 is 0 Å². The molecule has 0 aliphatic heterocycles. The molecule has 3 rings (SSSR count). The standard InChI is InChI=1S/C18H17N3/c19-15-8-11-18(17(20)12-15)21-16-9-6-14(7-10-16)13-4-2-1-3-5-13/h1-12,21H,19-20H2. The van der Waals surface area contributed by atoms with Gasteiger partial charge in [-0.1, -0.05) is 42.5 Å². The fourth-order valence-electron chi connectivity index (χ4n) is 2.23. The number of hydrogen-bond acceptors (Lipinski definition) is 3. The summed E-state index contributed by atoms with van der Waals surface area (Å²) in [6.45, 7) is 0. The Morgan fingerprint density at radius 3 is 2.00 bits per heavy atom. The van der Waals surface area contributed by atoms with E-state index in [1.165, 1.54) is 11.1 Å². The van der Waals surface area contributed by atoms with Crippen molar-refractivity contribution in [1.29, 1.82) is 0 Å². The molecule has 21 heavy (non-hydrogen) atoms. The lowest BCUT2D eigenvalue weighted by atomic mass is 10.1. The van der Waals surface area contributed by atoms with Crippen molar-refractivity contribution in [1.82, 2.24) is 0 Å². The maximum atomic E-state index is 5.95. The Morgan fingerprint density at radius 2 is 1.33 bits per heavy atom. The summed E-state index contributed by atoms with van der Waals surface area (Å²) < 4.78 is 0. The Kier molecular flexibility index (Phi) is 3.48. The Morgan fingerprint density at radius 1 is 0.667 bits per heavy atom. The Bertz CT molecular complexity index is 734. The predicted octanol–water partition coefficient (Wildman–Crippen LogP) is 4.26. The molecule has 0 amide bonds. The SMILES string of the molecule is Nc1ccc(Nc2ccc(-c3ccccc3)cc2)c(N)c1. The van der Waals surface area contributed by atoms with Crippen LogP contribution >= 0.6 is 0 Å². The van der Waals surface area contributed by atoms with Crippen LogP contribution in [0.3, 0.4) is 0 Å². The molecule has 3 heteroatoms. The first-order valence-electron chi connectivity index (χ1n) is 6.80. The summed E-state index contributed by atoms with van der Waals surface area (Å²) in [5.41, 5.74) is 17.2. The van der Waals surface area contributed by atoms with Crippen LogP contribution in [0.1, 0.15) is 0 Å². The van der Waals surface area contributed by atoms with Crippen molar-refractivity contribution in [2.45, 2.75) is 0 Å². The third-order valence-corrected chi connectivity index (χ3v) is 3.35.